The van der Waals surface area contributed by atoms with Crippen LogP contribution in [0.25, 0.3) is 165 Å². The molecule has 0 amide bonds. The predicted octanol–water partition coefficient (Wildman–Crippen LogP) is 29.1. The Hall–Kier alpha value is -14.5. The summed E-state index contributed by atoms with van der Waals surface area (Å²) in [5.41, 5.74) is 35.0. The van der Waals surface area contributed by atoms with Crippen molar-refractivity contribution in [1.29, 1.82) is 0 Å². The van der Waals surface area contributed by atoms with Gasteiger partial charge in [0.2, 0.25) is 0 Å². The van der Waals surface area contributed by atoms with E-state index >= 15 is 0 Å². The fraction of sp³-hybridized carbons (Fsp3) is 0.0702. The molecule has 0 N–H and O–H groups in total. The molecule has 0 bridgehead atoms. The number of fused-ring (bicyclic) bond motifs is 10. The van der Waals surface area contributed by atoms with Crippen LogP contribution >= 0.6 is 0 Å². The van der Waals surface area contributed by atoms with Gasteiger partial charge < -0.3 is 18.9 Å². The number of aromatic nitrogens is 2. The van der Waals surface area contributed by atoms with Crippen LogP contribution in [-0.2, 0) is 10.8 Å². The van der Waals surface area contributed by atoms with Gasteiger partial charge in [0, 0.05) is 72.2 Å². The Morgan fingerprint density at radius 3 is 1.01 bits per heavy atom. The molecule has 562 valence electrons. The highest BCUT2D eigenvalue weighted by atomic mass is 15.2. The zero-order chi connectivity index (χ0) is 79.5. The fourth-order valence-corrected chi connectivity index (χ4v) is 20.0. The SMILES string of the molecule is CC(C)(C)c1cc2ccc3cc(C(C)(C)C)cc4c(-c5ccc6c(c5)B5c7ccc(-n8c9ccccc9c9ccccc98)cc7N(c7c(-c8ccccc8)cc(-c8ccccc8)cc7-c7ccccc7)c7cc(-n8c9ccccc9c9ccccc98)cc(c75)N6c5c(-c6ccccc6)cc(-c6ccccc6)cc5-c5ccccc5)cc(c1)c2c34. The van der Waals surface area contributed by atoms with Gasteiger partial charge in [-0.1, -0.05) is 345 Å². The van der Waals surface area contributed by atoms with Crippen LogP contribution in [0.4, 0.5) is 34.1 Å². The minimum atomic E-state index is -0.363. The minimum Gasteiger partial charge on any atom is -0.310 e. The molecule has 119 heavy (non-hydrogen) atoms. The second kappa shape index (κ2) is 27.0. The summed E-state index contributed by atoms with van der Waals surface area (Å²) in [4.78, 5) is 5.47. The molecular formula is C114H83BN4. The van der Waals surface area contributed by atoms with Crippen molar-refractivity contribution < 1.29 is 0 Å². The summed E-state index contributed by atoms with van der Waals surface area (Å²) in [6, 6.07) is 150. The van der Waals surface area contributed by atoms with Crippen LogP contribution in [-0.4, -0.2) is 15.8 Å². The summed E-state index contributed by atoms with van der Waals surface area (Å²) in [5.74, 6) is 0. The molecule has 21 aromatic rings. The molecule has 0 atom stereocenters. The van der Waals surface area contributed by atoms with Crippen molar-refractivity contribution in [3.8, 4) is 89.3 Å². The first-order valence-electron chi connectivity index (χ1n) is 41.8. The highest BCUT2D eigenvalue weighted by Gasteiger charge is 2.47. The second-order valence-corrected chi connectivity index (χ2v) is 34.7. The number of anilines is 6. The first-order chi connectivity index (χ1) is 58.3. The Labute approximate surface area is 694 Å². The van der Waals surface area contributed by atoms with E-state index in [2.05, 4.69) is 455 Å². The van der Waals surface area contributed by atoms with Gasteiger partial charge >= 0.3 is 0 Å². The van der Waals surface area contributed by atoms with Crippen LogP contribution in [0.3, 0.4) is 0 Å². The smallest absolute Gasteiger partial charge is 0.252 e. The van der Waals surface area contributed by atoms with E-state index in [4.69, 9.17) is 0 Å². The monoisotopic (exact) mass is 1520 g/mol. The molecule has 19 aromatic carbocycles. The standard InChI is InChI=1S/C114H83BN4/c1-113(2,3)84-59-79-53-54-80-60-85(114(4,5)6)68-97-92(66-83(61-84)108(79)109(80)97)78-55-58-104-99(67-78)115-98-57-56-86(116-100-49-29-25-45-88(100)89-46-26-30-50-101(89)116)69-105(98)119(112-95(76-41-21-11-22-42-76)64-82(73-35-15-8-16-36-73)65-96(112)77-43-23-12-24-44-77)107-71-87(117-102-51-31-27-47-90(102)91-48-28-32-52-103(91)117)70-106(110(107)115)118(104)111-93(74-37-17-9-18-38-74)62-81(72-33-13-7-14-34-72)63-94(111)75-39-19-10-20-40-75/h7-71H,1-6H3. The van der Waals surface area contributed by atoms with Crippen molar-refractivity contribution in [3.05, 3.63) is 405 Å². The Balaban J connectivity index is 0.931. The summed E-state index contributed by atoms with van der Waals surface area (Å²) in [5, 5.41) is 12.5. The van der Waals surface area contributed by atoms with Crippen LogP contribution in [0.15, 0.2) is 394 Å². The van der Waals surface area contributed by atoms with Crippen molar-refractivity contribution in [1.82, 2.24) is 9.13 Å². The maximum atomic E-state index is 2.74. The lowest BCUT2D eigenvalue weighted by molar-refractivity contribution is 0.591. The number of nitrogens with zero attached hydrogens (tertiary/aromatic N) is 4. The Kier molecular flexibility index (Phi) is 15.9. The lowest BCUT2D eigenvalue weighted by Gasteiger charge is -2.46. The summed E-state index contributed by atoms with van der Waals surface area (Å²) >= 11 is 0. The highest BCUT2D eigenvalue weighted by Crippen LogP contribution is 2.57. The van der Waals surface area contributed by atoms with E-state index in [1.807, 2.05) is 0 Å². The molecule has 0 fully saturated rings. The predicted molar refractivity (Wildman–Crippen MR) is 508 cm³/mol. The molecular weight excluding hydrogens is 1440 g/mol. The third-order valence-corrected chi connectivity index (χ3v) is 25.6. The van der Waals surface area contributed by atoms with Gasteiger partial charge in [-0.25, -0.2) is 0 Å². The Morgan fingerprint density at radius 1 is 0.218 bits per heavy atom. The molecule has 4 nitrogen and oxygen atoms in total. The quantitative estimate of drug-likeness (QED) is 0.0948. The maximum absolute atomic E-state index is 2.74. The van der Waals surface area contributed by atoms with Gasteiger partial charge in [0.25, 0.3) is 6.71 Å². The number of para-hydroxylation sites is 4. The van der Waals surface area contributed by atoms with Gasteiger partial charge in [-0.05, 0) is 217 Å². The third-order valence-electron chi connectivity index (χ3n) is 25.6. The van der Waals surface area contributed by atoms with Crippen LogP contribution in [0, 0.1) is 0 Å². The highest BCUT2D eigenvalue weighted by molar-refractivity contribution is 7.00. The zero-order valence-electron chi connectivity index (χ0n) is 67.4. The van der Waals surface area contributed by atoms with E-state index in [1.165, 1.54) is 86.9 Å². The topological polar surface area (TPSA) is 16.3 Å². The van der Waals surface area contributed by atoms with Crippen molar-refractivity contribution in [3.63, 3.8) is 0 Å². The van der Waals surface area contributed by atoms with Crippen LogP contribution in [0.2, 0.25) is 0 Å². The molecule has 0 unspecified atom stereocenters. The molecule has 4 heterocycles. The average Bonchev–Trinajstić information content (AvgIpc) is 1.62. The maximum Gasteiger partial charge on any atom is 0.252 e. The van der Waals surface area contributed by atoms with E-state index in [1.54, 1.807) is 0 Å². The summed E-state index contributed by atoms with van der Waals surface area (Å²) in [6.45, 7) is 13.8. The van der Waals surface area contributed by atoms with E-state index in [0.29, 0.717) is 0 Å². The number of hydrogen-bond donors (Lipinski definition) is 0. The van der Waals surface area contributed by atoms with E-state index < -0.39 is 0 Å². The molecule has 2 aliphatic rings. The van der Waals surface area contributed by atoms with E-state index in [0.717, 1.165) is 140 Å². The summed E-state index contributed by atoms with van der Waals surface area (Å²) in [7, 11) is 0. The van der Waals surface area contributed by atoms with Crippen molar-refractivity contribution >= 4 is 133 Å². The van der Waals surface area contributed by atoms with Gasteiger partial charge in [0.1, 0.15) is 0 Å². The second-order valence-electron chi connectivity index (χ2n) is 34.7. The Morgan fingerprint density at radius 2 is 0.580 bits per heavy atom. The lowest BCUT2D eigenvalue weighted by atomic mass is 9.33. The number of benzene rings is 19. The summed E-state index contributed by atoms with van der Waals surface area (Å²) < 4.78 is 5.08. The van der Waals surface area contributed by atoms with E-state index in [9.17, 15) is 0 Å². The molecule has 23 rings (SSSR count). The average molecular weight is 1520 g/mol. The van der Waals surface area contributed by atoms with Gasteiger partial charge in [0.05, 0.1) is 39.1 Å². The van der Waals surface area contributed by atoms with Crippen molar-refractivity contribution in [2.24, 2.45) is 0 Å². The normalized spacial score (nSPS) is 12.7. The molecule has 0 spiro atoms. The fourth-order valence-electron chi connectivity index (χ4n) is 20.0. The molecule has 0 saturated carbocycles. The lowest BCUT2D eigenvalue weighted by Crippen LogP contribution is -2.61. The van der Waals surface area contributed by atoms with Gasteiger partial charge in [-0.15, -0.1) is 0 Å². The number of rotatable bonds is 11. The molecule has 2 aromatic heterocycles. The van der Waals surface area contributed by atoms with Crippen LogP contribution < -0.4 is 26.2 Å². The van der Waals surface area contributed by atoms with Gasteiger partial charge in [0.15, 0.2) is 0 Å². The van der Waals surface area contributed by atoms with Crippen LogP contribution in [0.1, 0.15) is 52.7 Å². The third kappa shape index (κ3) is 11.2. The first kappa shape index (κ1) is 69.9. The van der Waals surface area contributed by atoms with Crippen molar-refractivity contribution in [2.45, 2.75) is 52.4 Å². The van der Waals surface area contributed by atoms with Crippen molar-refractivity contribution in [2.75, 3.05) is 9.80 Å². The zero-order valence-corrected chi connectivity index (χ0v) is 67.4. The molecule has 2 aliphatic heterocycles. The minimum absolute atomic E-state index is 0.0976. The summed E-state index contributed by atoms with van der Waals surface area (Å²) in [6.07, 6.45) is 0. The Bertz CT molecular complexity index is 7430. The van der Waals surface area contributed by atoms with Gasteiger partial charge in [-0.2, -0.15) is 0 Å². The largest absolute Gasteiger partial charge is 0.310 e. The first-order valence-corrected chi connectivity index (χ1v) is 41.8. The van der Waals surface area contributed by atoms with Gasteiger partial charge in [-0.3, -0.25) is 0 Å². The molecule has 0 saturated heterocycles. The molecule has 5 heteroatoms. The molecule has 0 radical (unpaired) electrons. The molecule has 0 aliphatic carbocycles. The van der Waals surface area contributed by atoms with E-state index in [-0.39, 0.29) is 17.5 Å². The van der Waals surface area contributed by atoms with Crippen LogP contribution in [0.5, 0.6) is 0 Å². The number of hydrogen-bond acceptors (Lipinski definition) is 2.